The number of nitrogens with two attached hydrogens (primary N) is 1. The number of esters is 1. The Bertz CT molecular complexity index is 610. The Morgan fingerprint density at radius 2 is 2.30 bits per heavy atom. The van der Waals surface area contributed by atoms with Crippen molar-refractivity contribution < 1.29 is 9.53 Å². The molecule has 0 atom stereocenters. The minimum absolute atomic E-state index is 0.329. The van der Waals surface area contributed by atoms with Crippen LogP contribution in [0.4, 0.5) is 11.4 Å². The Labute approximate surface area is 121 Å². The number of aryl methyl sites for hydroxylation is 1. The summed E-state index contributed by atoms with van der Waals surface area (Å²) in [4.78, 5) is 17.1. The summed E-state index contributed by atoms with van der Waals surface area (Å²) in [6, 6.07) is 5.28. The molecule has 0 radical (unpaired) electrons. The maximum atomic E-state index is 11.8. The lowest BCUT2D eigenvalue weighted by Gasteiger charge is -2.11. The van der Waals surface area contributed by atoms with Gasteiger partial charge in [-0.05, 0) is 26.0 Å². The summed E-state index contributed by atoms with van der Waals surface area (Å²) < 4.78 is 4.98. The predicted molar refractivity (Wildman–Crippen MR) is 81.0 cm³/mol. The van der Waals surface area contributed by atoms with Crippen LogP contribution in [0.25, 0.3) is 0 Å². The van der Waals surface area contributed by atoms with Gasteiger partial charge in [-0.3, -0.25) is 0 Å². The molecule has 5 nitrogen and oxygen atoms in total. The lowest BCUT2D eigenvalue weighted by molar-refractivity contribution is 0.0527. The van der Waals surface area contributed by atoms with Gasteiger partial charge >= 0.3 is 5.97 Å². The molecule has 0 aliphatic heterocycles. The number of benzene rings is 1. The first kappa shape index (κ1) is 14.3. The lowest BCUT2D eigenvalue weighted by Crippen LogP contribution is -2.10. The SMILES string of the molecule is CCOC(=O)c1cccc(NCc2cnc(C)s2)c1N. The predicted octanol–water partition coefficient (Wildman–Crippen LogP) is 2.82. The number of para-hydroxylation sites is 1. The molecule has 0 saturated heterocycles. The number of hydrogen-bond acceptors (Lipinski definition) is 6. The lowest BCUT2D eigenvalue weighted by atomic mass is 10.1. The van der Waals surface area contributed by atoms with E-state index in [0.29, 0.717) is 24.4 Å². The van der Waals surface area contributed by atoms with Crippen LogP contribution in [-0.2, 0) is 11.3 Å². The standard InChI is InChI=1S/C14H17N3O2S/c1-3-19-14(18)11-5-4-6-12(13(11)15)17-8-10-7-16-9(2)20-10/h4-7,17H,3,8,15H2,1-2H3. The summed E-state index contributed by atoms with van der Waals surface area (Å²) >= 11 is 1.63. The maximum absolute atomic E-state index is 11.8. The van der Waals surface area contributed by atoms with Crippen molar-refractivity contribution in [3.05, 3.63) is 39.8 Å². The highest BCUT2D eigenvalue weighted by Gasteiger charge is 2.13. The van der Waals surface area contributed by atoms with Crippen molar-refractivity contribution in [3.8, 4) is 0 Å². The second-order valence-electron chi connectivity index (χ2n) is 4.19. The molecular weight excluding hydrogens is 274 g/mol. The second-order valence-corrected chi connectivity index (χ2v) is 5.51. The third kappa shape index (κ3) is 3.27. The van der Waals surface area contributed by atoms with Crippen LogP contribution in [0.5, 0.6) is 0 Å². The number of thiazole rings is 1. The molecule has 0 fully saturated rings. The van der Waals surface area contributed by atoms with Gasteiger partial charge in [-0.15, -0.1) is 11.3 Å². The summed E-state index contributed by atoms with van der Waals surface area (Å²) in [5, 5.41) is 4.24. The molecule has 1 aromatic carbocycles. The number of aromatic nitrogens is 1. The van der Waals surface area contributed by atoms with Crippen LogP contribution in [0, 0.1) is 6.92 Å². The molecule has 0 amide bonds. The van der Waals surface area contributed by atoms with E-state index in [1.165, 1.54) is 0 Å². The smallest absolute Gasteiger partial charge is 0.340 e. The number of hydrogen-bond donors (Lipinski definition) is 2. The van der Waals surface area contributed by atoms with Gasteiger partial charge in [-0.25, -0.2) is 9.78 Å². The quantitative estimate of drug-likeness (QED) is 0.654. The molecule has 1 aromatic heterocycles. The van der Waals surface area contributed by atoms with Crippen molar-refractivity contribution in [2.24, 2.45) is 0 Å². The monoisotopic (exact) mass is 291 g/mol. The van der Waals surface area contributed by atoms with Crippen molar-refractivity contribution in [2.45, 2.75) is 20.4 Å². The minimum atomic E-state index is -0.401. The molecule has 0 spiro atoms. The molecule has 20 heavy (non-hydrogen) atoms. The number of nitrogens with one attached hydrogen (secondary N) is 1. The van der Waals surface area contributed by atoms with Crippen LogP contribution >= 0.6 is 11.3 Å². The second kappa shape index (κ2) is 6.38. The third-order valence-corrected chi connectivity index (χ3v) is 3.64. The van der Waals surface area contributed by atoms with E-state index >= 15 is 0 Å². The van der Waals surface area contributed by atoms with Crippen LogP contribution in [0.3, 0.4) is 0 Å². The van der Waals surface area contributed by atoms with Gasteiger partial charge in [-0.1, -0.05) is 6.07 Å². The van der Waals surface area contributed by atoms with Gasteiger partial charge in [0.15, 0.2) is 0 Å². The third-order valence-electron chi connectivity index (χ3n) is 2.72. The van der Waals surface area contributed by atoms with Crippen molar-refractivity contribution >= 4 is 28.7 Å². The van der Waals surface area contributed by atoms with E-state index in [9.17, 15) is 4.79 Å². The zero-order valence-electron chi connectivity index (χ0n) is 11.5. The van der Waals surface area contributed by atoms with Gasteiger partial charge < -0.3 is 15.8 Å². The normalized spacial score (nSPS) is 10.3. The average molecular weight is 291 g/mol. The van der Waals surface area contributed by atoms with Crippen molar-refractivity contribution in [1.29, 1.82) is 0 Å². The summed E-state index contributed by atoms with van der Waals surface area (Å²) in [7, 11) is 0. The van der Waals surface area contributed by atoms with Crippen LogP contribution < -0.4 is 11.1 Å². The highest BCUT2D eigenvalue weighted by molar-refractivity contribution is 7.11. The van der Waals surface area contributed by atoms with Crippen molar-refractivity contribution in [1.82, 2.24) is 4.98 Å². The van der Waals surface area contributed by atoms with Crippen molar-refractivity contribution in [3.63, 3.8) is 0 Å². The van der Waals surface area contributed by atoms with Crippen LogP contribution in [0.2, 0.25) is 0 Å². The molecule has 0 aliphatic carbocycles. The number of rotatable bonds is 5. The van der Waals surface area contributed by atoms with Gasteiger partial charge in [-0.2, -0.15) is 0 Å². The zero-order chi connectivity index (χ0) is 14.5. The number of ether oxygens (including phenoxy) is 1. The Balaban J connectivity index is 2.12. The summed E-state index contributed by atoms with van der Waals surface area (Å²) in [5.74, 6) is -0.401. The molecule has 0 aliphatic rings. The molecule has 2 rings (SSSR count). The first-order valence-electron chi connectivity index (χ1n) is 6.32. The summed E-state index contributed by atoms with van der Waals surface area (Å²) in [6.07, 6.45) is 1.83. The molecule has 0 bridgehead atoms. The fourth-order valence-electron chi connectivity index (χ4n) is 1.78. The fourth-order valence-corrected chi connectivity index (χ4v) is 2.51. The Kier molecular flexibility index (Phi) is 4.57. The minimum Gasteiger partial charge on any atom is -0.462 e. The number of nitrogen functional groups attached to an aromatic ring is 1. The Morgan fingerprint density at radius 1 is 1.50 bits per heavy atom. The molecule has 0 saturated carbocycles. The van der Waals surface area contributed by atoms with E-state index in [1.807, 2.05) is 19.2 Å². The van der Waals surface area contributed by atoms with Crippen LogP contribution in [0.15, 0.2) is 24.4 Å². The summed E-state index contributed by atoms with van der Waals surface area (Å²) in [5.41, 5.74) is 7.53. The highest BCUT2D eigenvalue weighted by Crippen LogP contribution is 2.24. The molecular formula is C14H17N3O2S. The average Bonchev–Trinajstić information content (AvgIpc) is 2.83. The Morgan fingerprint density at radius 3 is 2.95 bits per heavy atom. The number of carbonyl (C=O) groups is 1. The highest BCUT2D eigenvalue weighted by atomic mass is 32.1. The molecule has 2 aromatic rings. The van der Waals surface area contributed by atoms with Crippen LogP contribution in [-0.4, -0.2) is 17.6 Å². The molecule has 3 N–H and O–H groups in total. The van der Waals surface area contributed by atoms with E-state index in [0.717, 1.165) is 15.6 Å². The first-order valence-corrected chi connectivity index (χ1v) is 7.14. The van der Waals surface area contributed by atoms with E-state index in [2.05, 4.69) is 10.3 Å². The zero-order valence-corrected chi connectivity index (χ0v) is 12.3. The molecule has 106 valence electrons. The maximum Gasteiger partial charge on any atom is 0.340 e. The van der Waals surface area contributed by atoms with E-state index in [1.54, 1.807) is 30.4 Å². The molecule has 1 heterocycles. The van der Waals surface area contributed by atoms with E-state index in [4.69, 9.17) is 10.5 Å². The first-order chi connectivity index (χ1) is 9.61. The van der Waals surface area contributed by atoms with Gasteiger partial charge in [0, 0.05) is 11.1 Å². The van der Waals surface area contributed by atoms with Gasteiger partial charge in [0.05, 0.1) is 35.1 Å². The molecule has 6 heteroatoms. The van der Waals surface area contributed by atoms with Crippen LogP contribution in [0.1, 0.15) is 27.2 Å². The Hall–Kier alpha value is -2.08. The van der Waals surface area contributed by atoms with Gasteiger partial charge in [0.1, 0.15) is 0 Å². The number of anilines is 2. The fraction of sp³-hybridized carbons (Fsp3) is 0.286. The van der Waals surface area contributed by atoms with E-state index < -0.39 is 5.97 Å². The number of nitrogens with zero attached hydrogens (tertiary/aromatic N) is 1. The molecule has 0 unspecified atom stereocenters. The van der Waals surface area contributed by atoms with Gasteiger partial charge in [0.25, 0.3) is 0 Å². The van der Waals surface area contributed by atoms with Crippen molar-refractivity contribution in [2.75, 3.05) is 17.7 Å². The van der Waals surface area contributed by atoms with E-state index in [-0.39, 0.29) is 0 Å². The van der Waals surface area contributed by atoms with Gasteiger partial charge in [0.2, 0.25) is 0 Å². The largest absolute Gasteiger partial charge is 0.462 e. The topological polar surface area (TPSA) is 77.2 Å². The summed E-state index contributed by atoms with van der Waals surface area (Å²) in [6.45, 7) is 4.68. The number of carbonyl (C=O) groups excluding carboxylic acids is 1.